The Morgan fingerprint density at radius 1 is 1.43 bits per heavy atom. The van der Waals surface area contributed by atoms with E-state index in [4.69, 9.17) is 5.73 Å². The van der Waals surface area contributed by atoms with Crippen molar-refractivity contribution in [3.63, 3.8) is 0 Å². The maximum Gasteiger partial charge on any atom is 0.112 e. The molecule has 0 aliphatic heterocycles. The maximum atomic E-state index is 6.14. The summed E-state index contributed by atoms with van der Waals surface area (Å²) in [5, 5.41) is 3.71. The first kappa shape index (κ1) is 14.7. The van der Waals surface area contributed by atoms with Crippen LogP contribution in [0, 0.1) is 5.92 Å². The number of anilines is 1. The number of nitrogens with one attached hydrogen (secondary N) is 1. The third-order valence-electron chi connectivity index (χ3n) is 4.75. The van der Waals surface area contributed by atoms with E-state index in [1.54, 1.807) is 0 Å². The fourth-order valence-electron chi connectivity index (χ4n) is 3.33. The van der Waals surface area contributed by atoms with Crippen LogP contribution in [-0.2, 0) is 0 Å². The summed E-state index contributed by atoms with van der Waals surface area (Å²) in [7, 11) is 0. The topological polar surface area (TPSA) is 63.8 Å². The van der Waals surface area contributed by atoms with Crippen LogP contribution < -0.4 is 11.1 Å². The summed E-state index contributed by atoms with van der Waals surface area (Å²) in [5.41, 5.74) is 8.95. The molecule has 4 nitrogen and oxygen atoms in total. The second kappa shape index (κ2) is 5.89. The Morgan fingerprint density at radius 3 is 3.05 bits per heavy atom. The van der Waals surface area contributed by atoms with E-state index in [2.05, 4.69) is 38.1 Å². The summed E-state index contributed by atoms with van der Waals surface area (Å²) >= 11 is 3.45. The van der Waals surface area contributed by atoms with Crippen LogP contribution in [0.1, 0.15) is 32.6 Å². The average Bonchev–Trinajstić information content (AvgIpc) is 2.49. The molecule has 0 amide bonds. The van der Waals surface area contributed by atoms with Gasteiger partial charge in [-0.25, -0.2) is 0 Å². The van der Waals surface area contributed by atoms with Gasteiger partial charge in [0.1, 0.15) is 5.52 Å². The molecule has 0 bridgehead atoms. The molecule has 3 rings (SSSR count). The van der Waals surface area contributed by atoms with Gasteiger partial charge in [0.15, 0.2) is 0 Å². The summed E-state index contributed by atoms with van der Waals surface area (Å²) in [5.74, 6) is 0.565. The first-order valence-electron chi connectivity index (χ1n) is 7.53. The van der Waals surface area contributed by atoms with E-state index in [1.165, 1.54) is 19.3 Å². The van der Waals surface area contributed by atoms with Crippen LogP contribution in [0.5, 0.6) is 0 Å². The number of rotatable bonds is 3. The molecule has 2 aromatic rings. The van der Waals surface area contributed by atoms with Crippen molar-refractivity contribution in [3.8, 4) is 0 Å². The van der Waals surface area contributed by atoms with E-state index in [-0.39, 0.29) is 5.54 Å². The highest BCUT2D eigenvalue weighted by Crippen LogP contribution is 2.37. The summed E-state index contributed by atoms with van der Waals surface area (Å²) in [6.45, 7) is 2.95. The lowest BCUT2D eigenvalue weighted by Gasteiger charge is -2.43. The van der Waals surface area contributed by atoms with Gasteiger partial charge < -0.3 is 11.1 Å². The van der Waals surface area contributed by atoms with E-state index < -0.39 is 0 Å². The molecular formula is C16H21BrN4. The van der Waals surface area contributed by atoms with Gasteiger partial charge in [-0.15, -0.1) is 0 Å². The number of halogens is 1. The lowest BCUT2D eigenvalue weighted by molar-refractivity contribution is 0.236. The van der Waals surface area contributed by atoms with Crippen LogP contribution in [0.4, 0.5) is 5.69 Å². The highest BCUT2D eigenvalue weighted by atomic mass is 79.9. The molecule has 5 heteroatoms. The quantitative estimate of drug-likeness (QED) is 0.887. The molecule has 2 aromatic heterocycles. The number of fused-ring (bicyclic) bond motifs is 1. The number of hydrogen-bond donors (Lipinski definition) is 2. The van der Waals surface area contributed by atoms with Crippen LogP contribution in [0.2, 0.25) is 0 Å². The number of nitrogens with zero attached hydrogens (tertiary/aromatic N) is 2. The van der Waals surface area contributed by atoms with Gasteiger partial charge in [-0.3, -0.25) is 9.97 Å². The molecule has 21 heavy (non-hydrogen) atoms. The molecule has 1 aliphatic rings. The number of hydrogen-bond acceptors (Lipinski definition) is 4. The first-order valence-corrected chi connectivity index (χ1v) is 8.32. The van der Waals surface area contributed by atoms with Crippen molar-refractivity contribution in [1.29, 1.82) is 0 Å². The molecule has 2 atom stereocenters. The van der Waals surface area contributed by atoms with E-state index in [1.807, 2.05) is 24.5 Å². The fourth-order valence-corrected chi connectivity index (χ4v) is 3.65. The highest BCUT2D eigenvalue weighted by molar-refractivity contribution is 9.10. The predicted octanol–water partition coefficient (Wildman–Crippen LogP) is 3.71. The zero-order valence-corrected chi connectivity index (χ0v) is 13.9. The Hall–Kier alpha value is -1.20. The van der Waals surface area contributed by atoms with Gasteiger partial charge in [0.2, 0.25) is 0 Å². The summed E-state index contributed by atoms with van der Waals surface area (Å²) in [6, 6.07) is 3.99. The first-order chi connectivity index (χ1) is 10.1. The van der Waals surface area contributed by atoms with Crippen molar-refractivity contribution < 1.29 is 0 Å². The Labute approximate surface area is 133 Å². The molecule has 0 aromatic carbocycles. The summed E-state index contributed by atoms with van der Waals surface area (Å²) in [4.78, 5) is 8.92. The summed E-state index contributed by atoms with van der Waals surface area (Å²) in [6.07, 6.45) is 8.52. The summed E-state index contributed by atoms with van der Waals surface area (Å²) < 4.78 is 0.944. The molecule has 0 spiro atoms. The van der Waals surface area contributed by atoms with E-state index in [9.17, 15) is 0 Å². The molecule has 2 unspecified atom stereocenters. The normalized spacial score (nSPS) is 26.0. The molecule has 112 valence electrons. The monoisotopic (exact) mass is 348 g/mol. The lowest BCUT2D eigenvalue weighted by Crippen LogP contribution is -2.52. The highest BCUT2D eigenvalue weighted by Gasteiger charge is 2.37. The predicted molar refractivity (Wildman–Crippen MR) is 90.3 cm³/mol. The van der Waals surface area contributed by atoms with Crippen LogP contribution in [0.3, 0.4) is 0 Å². The van der Waals surface area contributed by atoms with Crippen LogP contribution in [0.15, 0.2) is 29.0 Å². The second-order valence-electron chi connectivity index (χ2n) is 6.01. The number of pyridine rings is 2. The van der Waals surface area contributed by atoms with Gasteiger partial charge in [-0.2, -0.15) is 0 Å². The minimum Gasteiger partial charge on any atom is -0.376 e. The van der Waals surface area contributed by atoms with Gasteiger partial charge in [0, 0.05) is 23.4 Å². The molecule has 1 aliphatic carbocycles. The third kappa shape index (κ3) is 2.77. The lowest BCUT2D eigenvalue weighted by atomic mass is 9.73. The molecule has 0 radical (unpaired) electrons. The molecule has 2 heterocycles. The van der Waals surface area contributed by atoms with E-state index in [0.717, 1.165) is 27.6 Å². The third-order valence-corrected chi connectivity index (χ3v) is 5.18. The van der Waals surface area contributed by atoms with Gasteiger partial charge in [-0.05, 0) is 46.8 Å². The smallest absolute Gasteiger partial charge is 0.112 e. The van der Waals surface area contributed by atoms with Crippen LogP contribution in [0.25, 0.3) is 11.0 Å². The SMILES string of the molecule is CC1CCCCC1(CN)Nc1ccnc2cc(Br)cnc12. The Morgan fingerprint density at radius 2 is 2.29 bits per heavy atom. The van der Waals surface area contributed by atoms with Gasteiger partial charge in [0.05, 0.1) is 16.7 Å². The maximum absolute atomic E-state index is 6.14. The van der Waals surface area contributed by atoms with Crippen LogP contribution >= 0.6 is 15.9 Å². The van der Waals surface area contributed by atoms with Crippen molar-refractivity contribution in [2.45, 2.75) is 38.1 Å². The molecule has 1 saturated carbocycles. The number of aromatic nitrogens is 2. The van der Waals surface area contributed by atoms with Crippen LogP contribution in [-0.4, -0.2) is 22.1 Å². The van der Waals surface area contributed by atoms with E-state index >= 15 is 0 Å². The minimum atomic E-state index is -0.0265. The van der Waals surface area contributed by atoms with Gasteiger partial charge in [0.25, 0.3) is 0 Å². The molecular weight excluding hydrogens is 328 g/mol. The average molecular weight is 349 g/mol. The second-order valence-corrected chi connectivity index (χ2v) is 6.93. The van der Waals surface area contributed by atoms with Gasteiger partial charge in [-0.1, -0.05) is 19.8 Å². The molecule has 1 fully saturated rings. The molecule has 0 saturated heterocycles. The van der Waals surface area contributed by atoms with Crippen molar-refractivity contribution in [2.75, 3.05) is 11.9 Å². The van der Waals surface area contributed by atoms with Crippen molar-refractivity contribution in [3.05, 3.63) is 29.0 Å². The minimum absolute atomic E-state index is 0.0265. The van der Waals surface area contributed by atoms with Crippen molar-refractivity contribution >= 4 is 32.7 Å². The number of nitrogens with two attached hydrogens (primary N) is 1. The Kier molecular flexibility index (Phi) is 4.13. The zero-order chi connectivity index (χ0) is 14.9. The standard InChI is InChI=1S/C16H21BrN4/c1-11-4-2-3-6-16(11,10-18)21-13-5-7-19-14-8-12(17)9-20-15(13)14/h5,7-9,11H,2-4,6,10,18H2,1H3,(H,19,21). The zero-order valence-electron chi connectivity index (χ0n) is 12.3. The van der Waals surface area contributed by atoms with Gasteiger partial charge >= 0.3 is 0 Å². The Bertz CT molecular complexity index is 645. The fraction of sp³-hybridized carbons (Fsp3) is 0.500. The van der Waals surface area contributed by atoms with Crippen molar-refractivity contribution in [1.82, 2.24) is 9.97 Å². The largest absolute Gasteiger partial charge is 0.376 e. The van der Waals surface area contributed by atoms with Crippen molar-refractivity contribution in [2.24, 2.45) is 11.7 Å². The van der Waals surface area contributed by atoms with E-state index in [0.29, 0.717) is 12.5 Å². The Balaban J connectivity index is 2.00. The molecule has 3 N–H and O–H groups in total.